The van der Waals surface area contributed by atoms with Crippen LogP contribution in [-0.2, 0) is 12.8 Å². The molecule has 0 aromatic heterocycles. The summed E-state index contributed by atoms with van der Waals surface area (Å²) in [4.78, 5) is 12.1. The average Bonchev–Trinajstić information content (AvgIpc) is 2.55. The van der Waals surface area contributed by atoms with Gasteiger partial charge in [0.25, 0.3) is 0 Å². The van der Waals surface area contributed by atoms with Crippen molar-refractivity contribution in [1.82, 2.24) is 0 Å². The first kappa shape index (κ1) is 15.0. The number of rotatable bonds is 5. The third-order valence-electron chi connectivity index (χ3n) is 3.57. The molecule has 1 N–H and O–H groups in total. The van der Waals surface area contributed by atoms with Gasteiger partial charge in [0.2, 0.25) is 0 Å². The van der Waals surface area contributed by atoms with Gasteiger partial charge in [0.15, 0.2) is 5.78 Å². The van der Waals surface area contributed by atoms with E-state index in [0.29, 0.717) is 11.1 Å². The van der Waals surface area contributed by atoms with Gasteiger partial charge >= 0.3 is 0 Å². The summed E-state index contributed by atoms with van der Waals surface area (Å²) in [5.74, 6) is -0.183. The molecule has 2 heteroatoms. The number of aryl methyl sites for hydroxylation is 2. The molecule has 0 unspecified atom stereocenters. The molecule has 0 fully saturated rings. The fraction of sp³-hybridized carbons (Fsp3) is 0.211. The van der Waals surface area contributed by atoms with Crippen molar-refractivity contribution >= 4 is 11.5 Å². The summed E-state index contributed by atoms with van der Waals surface area (Å²) in [6, 6.07) is 15.1. The van der Waals surface area contributed by atoms with E-state index in [4.69, 9.17) is 0 Å². The van der Waals surface area contributed by atoms with Crippen LogP contribution in [0.4, 0.5) is 0 Å². The Balaban J connectivity index is 2.17. The van der Waals surface area contributed by atoms with Crippen molar-refractivity contribution in [2.75, 3.05) is 0 Å². The third kappa shape index (κ3) is 3.82. The summed E-state index contributed by atoms with van der Waals surface area (Å²) >= 11 is 0. The number of benzene rings is 2. The molecule has 0 radical (unpaired) electrons. The van der Waals surface area contributed by atoms with E-state index in [0.717, 1.165) is 12.8 Å². The number of aliphatic hydroxyl groups is 1. The molecule has 2 rings (SSSR count). The summed E-state index contributed by atoms with van der Waals surface area (Å²) in [7, 11) is 0. The molecule has 2 aromatic carbocycles. The van der Waals surface area contributed by atoms with E-state index in [9.17, 15) is 9.90 Å². The molecule has 21 heavy (non-hydrogen) atoms. The molecule has 2 aromatic rings. The molecule has 0 saturated carbocycles. The minimum atomic E-state index is -0.185. The molecule has 0 aliphatic carbocycles. The van der Waals surface area contributed by atoms with Crippen LogP contribution in [0.3, 0.4) is 0 Å². The zero-order chi connectivity index (χ0) is 15.2. The Kier molecular flexibility index (Phi) is 4.94. The van der Waals surface area contributed by atoms with Crippen molar-refractivity contribution in [1.29, 1.82) is 0 Å². The maximum absolute atomic E-state index is 12.1. The first-order valence-electron chi connectivity index (χ1n) is 7.27. The van der Waals surface area contributed by atoms with E-state index in [1.165, 1.54) is 17.2 Å². The van der Waals surface area contributed by atoms with Gasteiger partial charge < -0.3 is 5.11 Å². The van der Waals surface area contributed by atoms with Crippen LogP contribution in [0, 0.1) is 0 Å². The minimum Gasteiger partial charge on any atom is -0.507 e. The molecule has 0 atom stereocenters. The van der Waals surface area contributed by atoms with Crippen LogP contribution in [0.1, 0.15) is 40.9 Å². The van der Waals surface area contributed by atoms with Crippen molar-refractivity contribution in [3.63, 3.8) is 0 Å². The molecular formula is C19H20O2. The zero-order valence-electron chi connectivity index (χ0n) is 12.5. The Labute approximate surface area is 125 Å². The van der Waals surface area contributed by atoms with Gasteiger partial charge in [-0.3, -0.25) is 4.79 Å². The lowest BCUT2D eigenvalue weighted by Crippen LogP contribution is -1.97. The highest BCUT2D eigenvalue weighted by atomic mass is 16.3. The second kappa shape index (κ2) is 6.89. The molecule has 0 aliphatic heterocycles. The van der Waals surface area contributed by atoms with Crippen molar-refractivity contribution in [3.8, 4) is 0 Å². The van der Waals surface area contributed by atoms with E-state index in [1.54, 1.807) is 12.1 Å². The Morgan fingerprint density at radius 3 is 1.71 bits per heavy atom. The number of allylic oxidation sites excluding steroid dienone is 1. The quantitative estimate of drug-likeness (QED) is 0.494. The summed E-state index contributed by atoms with van der Waals surface area (Å²) in [5, 5.41) is 10.1. The van der Waals surface area contributed by atoms with Crippen LogP contribution in [-0.4, -0.2) is 10.9 Å². The molecule has 0 amide bonds. The molecule has 0 spiro atoms. The summed E-state index contributed by atoms with van der Waals surface area (Å²) in [5.41, 5.74) is 3.64. The number of carbonyl (C=O) groups excluding carboxylic acids is 1. The van der Waals surface area contributed by atoms with Crippen molar-refractivity contribution in [2.24, 2.45) is 0 Å². The normalized spacial score (nSPS) is 11.4. The maximum atomic E-state index is 12.1. The minimum absolute atomic E-state index is 0.00206. The monoisotopic (exact) mass is 280 g/mol. The van der Waals surface area contributed by atoms with Crippen LogP contribution in [0.15, 0.2) is 54.6 Å². The first-order valence-corrected chi connectivity index (χ1v) is 7.27. The van der Waals surface area contributed by atoms with Crippen LogP contribution in [0.25, 0.3) is 5.76 Å². The molecule has 108 valence electrons. The van der Waals surface area contributed by atoms with Crippen molar-refractivity contribution in [3.05, 3.63) is 76.9 Å². The SMILES string of the molecule is CCc1ccc(C(=O)/C=C(\O)c2ccc(CC)cc2)cc1. The van der Waals surface area contributed by atoms with Gasteiger partial charge in [0, 0.05) is 17.2 Å². The van der Waals surface area contributed by atoms with Crippen molar-refractivity contribution < 1.29 is 9.90 Å². The number of ketones is 1. The van der Waals surface area contributed by atoms with Gasteiger partial charge in [-0.25, -0.2) is 0 Å². The highest BCUT2D eigenvalue weighted by Gasteiger charge is 2.06. The fourth-order valence-electron chi connectivity index (χ4n) is 2.11. The van der Waals surface area contributed by atoms with Crippen LogP contribution in [0.5, 0.6) is 0 Å². The number of hydrogen-bond acceptors (Lipinski definition) is 2. The second-order valence-electron chi connectivity index (χ2n) is 4.99. The third-order valence-corrected chi connectivity index (χ3v) is 3.57. The van der Waals surface area contributed by atoms with Gasteiger partial charge in [0.1, 0.15) is 5.76 Å². The Morgan fingerprint density at radius 2 is 1.29 bits per heavy atom. The molecule has 0 saturated heterocycles. The van der Waals surface area contributed by atoms with E-state index in [2.05, 4.69) is 13.8 Å². The molecule has 2 nitrogen and oxygen atoms in total. The Morgan fingerprint density at radius 1 is 0.857 bits per heavy atom. The van der Waals surface area contributed by atoms with Crippen LogP contribution < -0.4 is 0 Å². The molecule has 0 aliphatic rings. The highest BCUT2D eigenvalue weighted by molar-refractivity contribution is 6.07. The molecular weight excluding hydrogens is 260 g/mol. The standard InChI is InChI=1S/C19H20O2/c1-3-14-5-9-16(10-6-14)18(20)13-19(21)17-11-7-15(4-2)8-12-17/h5-13,20H,3-4H2,1-2H3/b18-13-. The number of aliphatic hydroxyl groups excluding tert-OH is 1. The van der Waals surface area contributed by atoms with E-state index < -0.39 is 0 Å². The first-order chi connectivity index (χ1) is 10.1. The van der Waals surface area contributed by atoms with Crippen LogP contribution >= 0.6 is 0 Å². The van der Waals surface area contributed by atoms with E-state index in [-0.39, 0.29) is 11.5 Å². The largest absolute Gasteiger partial charge is 0.507 e. The number of carbonyl (C=O) groups is 1. The van der Waals surface area contributed by atoms with Gasteiger partial charge in [-0.2, -0.15) is 0 Å². The predicted octanol–water partition coefficient (Wildman–Crippen LogP) is 4.59. The lowest BCUT2D eigenvalue weighted by Gasteiger charge is -2.03. The van der Waals surface area contributed by atoms with Gasteiger partial charge in [-0.15, -0.1) is 0 Å². The average molecular weight is 280 g/mol. The zero-order valence-corrected chi connectivity index (χ0v) is 12.5. The summed E-state index contributed by atoms with van der Waals surface area (Å²) in [6.45, 7) is 4.15. The smallest absolute Gasteiger partial charge is 0.189 e. The Bertz CT molecular complexity index is 634. The van der Waals surface area contributed by atoms with Gasteiger partial charge in [0.05, 0.1) is 0 Å². The van der Waals surface area contributed by atoms with Gasteiger partial charge in [-0.05, 0) is 24.0 Å². The number of hydrogen-bond donors (Lipinski definition) is 1. The fourth-order valence-corrected chi connectivity index (χ4v) is 2.11. The summed E-state index contributed by atoms with van der Waals surface area (Å²) in [6.07, 6.45) is 3.18. The van der Waals surface area contributed by atoms with E-state index in [1.807, 2.05) is 36.4 Å². The Hall–Kier alpha value is -2.35. The lowest BCUT2D eigenvalue weighted by atomic mass is 10.0. The highest BCUT2D eigenvalue weighted by Crippen LogP contribution is 2.15. The predicted molar refractivity (Wildman–Crippen MR) is 86.6 cm³/mol. The second-order valence-corrected chi connectivity index (χ2v) is 4.99. The van der Waals surface area contributed by atoms with Crippen LogP contribution in [0.2, 0.25) is 0 Å². The molecule has 0 heterocycles. The lowest BCUT2D eigenvalue weighted by molar-refractivity contribution is 0.104. The maximum Gasteiger partial charge on any atom is 0.189 e. The topological polar surface area (TPSA) is 37.3 Å². The van der Waals surface area contributed by atoms with Gasteiger partial charge in [-0.1, -0.05) is 62.4 Å². The summed E-state index contributed by atoms with van der Waals surface area (Å²) < 4.78 is 0. The van der Waals surface area contributed by atoms with E-state index >= 15 is 0 Å². The molecule has 0 bridgehead atoms. The van der Waals surface area contributed by atoms with Crippen molar-refractivity contribution in [2.45, 2.75) is 26.7 Å².